The van der Waals surface area contributed by atoms with Crippen LogP contribution in [0.15, 0.2) is 66.7 Å². The number of para-hydroxylation sites is 1. The minimum Gasteiger partial charge on any atom is -0.493 e. The van der Waals surface area contributed by atoms with Crippen LogP contribution in [-0.2, 0) is 28.7 Å². The van der Waals surface area contributed by atoms with Crippen LogP contribution in [0.1, 0.15) is 48.1 Å². The van der Waals surface area contributed by atoms with Gasteiger partial charge in [-0.1, -0.05) is 36.4 Å². The Labute approximate surface area is 241 Å². The number of hydrogen-bond acceptors (Lipinski definition) is 4. The van der Waals surface area contributed by atoms with Gasteiger partial charge in [0.25, 0.3) is 0 Å². The molecule has 1 aliphatic heterocycles. The van der Waals surface area contributed by atoms with Crippen LogP contribution < -0.4 is 9.47 Å². The molecule has 0 bridgehead atoms. The SMILES string of the molecule is COc1ccc(CC(=O)N2CCc3c4ccccc4[nH]c3[C@]23CC[C@@](c2cccc(F)c2)(N(C)C)CC3)cc1OC. The predicted octanol–water partition coefficient (Wildman–Crippen LogP) is 6.18. The quantitative estimate of drug-likeness (QED) is 0.309. The van der Waals surface area contributed by atoms with Gasteiger partial charge in [-0.05, 0) is 93.2 Å². The molecule has 7 heteroatoms. The van der Waals surface area contributed by atoms with Gasteiger partial charge in [-0.2, -0.15) is 0 Å². The second-order valence-electron chi connectivity index (χ2n) is 11.7. The number of nitrogens with one attached hydrogen (secondary N) is 1. The largest absolute Gasteiger partial charge is 0.493 e. The molecule has 1 saturated carbocycles. The first-order valence-corrected chi connectivity index (χ1v) is 14.4. The third-order valence-corrected chi connectivity index (χ3v) is 9.61. The highest BCUT2D eigenvalue weighted by atomic mass is 19.1. The molecule has 1 fully saturated rings. The van der Waals surface area contributed by atoms with Crippen molar-refractivity contribution in [2.75, 3.05) is 34.9 Å². The zero-order valence-corrected chi connectivity index (χ0v) is 24.3. The van der Waals surface area contributed by atoms with E-state index in [1.807, 2.05) is 24.3 Å². The number of rotatable bonds is 6. The van der Waals surface area contributed by atoms with Gasteiger partial charge in [0.2, 0.25) is 5.91 Å². The smallest absolute Gasteiger partial charge is 0.227 e. The van der Waals surface area contributed by atoms with Crippen molar-refractivity contribution >= 4 is 16.8 Å². The molecule has 6 nitrogen and oxygen atoms in total. The van der Waals surface area contributed by atoms with Crippen molar-refractivity contribution in [1.29, 1.82) is 0 Å². The summed E-state index contributed by atoms with van der Waals surface area (Å²) in [6, 6.07) is 21.1. The lowest BCUT2D eigenvalue weighted by atomic mass is 9.65. The summed E-state index contributed by atoms with van der Waals surface area (Å²) < 4.78 is 25.3. The molecule has 1 aromatic heterocycles. The lowest BCUT2D eigenvalue weighted by molar-refractivity contribution is -0.142. The summed E-state index contributed by atoms with van der Waals surface area (Å²) in [6.07, 6.45) is 4.25. The third-order valence-electron chi connectivity index (χ3n) is 9.61. The van der Waals surface area contributed by atoms with E-state index in [4.69, 9.17) is 9.47 Å². The molecule has 2 aliphatic rings. The summed E-state index contributed by atoms with van der Waals surface area (Å²) in [4.78, 5) is 22.3. The number of hydrogen-bond donors (Lipinski definition) is 1. The molecule has 4 aromatic rings. The standard InChI is InChI=1S/C34H38FN3O3/c1-37(2)33(24-8-7-9-25(35)22-24)15-17-34(18-16-33)32-27(26-10-5-6-11-28(26)36-32)14-19-38(34)31(39)21-23-12-13-29(40-3)30(20-23)41-4/h5-13,20,22,36H,14-19,21H2,1-4H3/t33-,34-. The first-order chi connectivity index (χ1) is 19.8. The van der Waals surface area contributed by atoms with Crippen molar-refractivity contribution < 1.29 is 18.7 Å². The second-order valence-corrected chi connectivity index (χ2v) is 11.7. The normalized spacial score (nSPS) is 22.2. The number of H-pyrrole nitrogens is 1. The van der Waals surface area contributed by atoms with Crippen molar-refractivity contribution in [3.05, 3.63) is 94.9 Å². The summed E-state index contributed by atoms with van der Waals surface area (Å²) in [6.45, 7) is 0.663. The topological polar surface area (TPSA) is 57.8 Å². The Morgan fingerprint density at radius 2 is 1.71 bits per heavy atom. The second kappa shape index (κ2) is 10.5. The van der Waals surface area contributed by atoms with Gasteiger partial charge in [-0.15, -0.1) is 0 Å². The van der Waals surface area contributed by atoms with Crippen molar-refractivity contribution in [2.24, 2.45) is 0 Å². The van der Waals surface area contributed by atoms with Crippen LogP contribution in [0.2, 0.25) is 0 Å². The lowest BCUT2D eigenvalue weighted by Crippen LogP contribution is -2.58. The zero-order chi connectivity index (χ0) is 28.8. The predicted molar refractivity (Wildman–Crippen MR) is 159 cm³/mol. The van der Waals surface area contributed by atoms with Crippen LogP contribution >= 0.6 is 0 Å². The molecule has 6 rings (SSSR count). The number of ether oxygens (including phenoxy) is 2. The van der Waals surface area contributed by atoms with Crippen molar-refractivity contribution in [3.63, 3.8) is 0 Å². The molecule has 1 N–H and O–H groups in total. The number of fused-ring (bicyclic) bond motifs is 4. The van der Waals surface area contributed by atoms with Crippen molar-refractivity contribution in [2.45, 2.75) is 49.6 Å². The van der Waals surface area contributed by atoms with Crippen molar-refractivity contribution in [1.82, 2.24) is 14.8 Å². The summed E-state index contributed by atoms with van der Waals surface area (Å²) in [5, 5.41) is 1.24. The van der Waals surface area contributed by atoms with Gasteiger partial charge in [0, 0.05) is 28.7 Å². The highest BCUT2D eigenvalue weighted by Gasteiger charge is 2.53. The van der Waals surface area contributed by atoms with Crippen LogP contribution in [-0.4, -0.2) is 55.6 Å². The number of halogens is 1. The van der Waals surface area contributed by atoms with Gasteiger partial charge in [-0.25, -0.2) is 4.39 Å². The van der Waals surface area contributed by atoms with Crippen LogP contribution in [0.25, 0.3) is 10.9 Å². The van der Waals surface area contributed by atoms with Gasteiger partial charge < -0.3 is 19.4 Å². The van der Waals surface area contributed by atoms with E-state index < -0.39 is 5.54 Å². The van der Waals surface area contributed by atoms with E-state index in [-0.39, 0.29) is 23.7 Å². The molecule has 1 aliphatic carbocycles. The van der Waals surface area contributed by atoms with Crippen LogP contribution in [0, 0.1) is 5.82 Å². The van der Waals surface area contributed by atoms with Gasteiger partial charge >= 0.3 is 0 Å². The maximum absolute atomic E-state index is 14.4. The fourth-order valence-electron chi connectivity index (χ4n) is 7.42. The number of benzene rings is 3. The molecule has 0 atom stereocenters. The van der Waals surface area contributed by atoms with E-state index in [1.54, 1.807) is 26.4 Å². The first-order valence-electron chi connectivity index (χ1n) is 14.4. The maximum atomic E-state index is 14.4. The Hall–Kier alpha value is -3.84. The minimum absolute atomic E-state index is 0.102. The fraction of sp³-hybridized carbons (Fsp3) is 0.382. The Kier molecular flexibility index (Phi) is 7.02. The number of aromatic amines is 1. The van der Waals surface area contributed by atoms with Gasteiger partial charge in [0.1, 0.15) is 5.82 Å². The number of amides is 1. The van der Waals surface area contributed by atoms with Crippen LogP contribution in [0.5, 0.6) is 11.5 Å². The molecule has 0 radical (unpaired) electrons. The Balaban J connectivity index is 1.40. The Morgan fingerprint density at radius 1 is 0.951 bits per heavy atom. The minimum atomic E-state index is -0.465. The van der Waals surface area contributed by atoms with E-state index in [0.29, 0.717) is 18.0 Å². The number of methoxy groups -OCH3 is 2. The Morgan fingerprint density at radius 3 is 2.41 bits per heavy atom. The molecule has 214 valence electrons. The molecule has 41 heavy (non-hydrogen) atoms. The summed E-state index contributed by atoms with van der Waals surface area (Å²) in [5.74, 6) is 1.15. The van der Waals surface area contributed by atoms with Gasteiger partial charge in [0.05, 0.1) is 26.2 Å². The average Bonchev–Trinajstić information content (AvgIpc) is 3.37. The fourth-order valence-corrected chi connectivity index (χ4v) is 7.42. The summed E-state index contributed by atoms with van der Waals surface area (Å²) >= 11 is 0. The molecule has 3 aromatic carbocycles. The maximum Gasteiger partial charge on any atom is 0.227 e. The summed E-state index contributed by atoms with van der Waals surface area (Å²) in [5.41, 5.74) is 4.70. The third kappa shape index (κ3) is 4.47. The van der Waals surface area contributed by atoms with E-state index in [2.05, 4.69) is 53.1 Å². The number of aromatic nitrogens is 1. The monoisotopic (exact) mass is 555 g/mol. The van der Waals surface area contributed by atoms with Crippen LogP contribution in [0.3, 0.4) is 0 Å². The molecular formula is C34H38FN3O3. The van der Waals surface area contributed by atoms with Gasteiger partial charge in [-0.3, -0.25) is 9.69 Å². The van der Waals surface area contributed by atoms with E-state index >= 15 is 0 Å². The molecule has 0 saturated heterocycles. The highest BCUT2D eigenvalue weighted by molar-refractivity contribution is 5.87. The number of carbonyl (C=O) groups is 1. The first kappa shape index (κ1) is 27.3. The van der Waals surface area contributed by atoms with E-state index in [1.165, 1.54) is 17.0 Å². The molecule has 0 unspecified atom stereocenters. The Bertz CT molecular complexity index is 1590. The molecular weight excluding hydrogens is 517 g/mol. The highest BCUT2D eigenvalue weighted by Crippen LogP contribution is 2.53. The van der Waals surface area contributed by atoms with Gasteiger partial charge in [0.15, 0.2) is 11.5 Å². The number of carbonyl (C=O) groups excluding carboxylic acids is 1. The molecule has 1 amide bonds. The van der Waals surface area contributed by atoms with E-state index in [9.17, 15) is 9.18 Å². The molecule has 2 heterocycles. The van der Waals surface area contributed by atoms with Crippen LogP contribution in [0.4, 0.5) is 4.39 Å². The summed E-state index contributed by atoms with van der Waals surface area (Å²) in [7, 11) is 7.38. The molecule has 1 spiro atoms. The number of nitrogens with zero attached hydrogens (tertiary/aromatic N) is 2. The lowest BCUT2D eigenvalue weighted by Gasteiger charge is -2.55. The van der Waals surface area contributed by atoms with Crippen molar-refractivity contribution in [3.8, 4) is 11.5 Å². The average molecular weight is 556 g/mol. The van der Waals surface area contributed by atoms with E-state index in [0.717, 1.165) is 54.4 Å². The zero-order valence-electron chi connectivity index (χ0n) is 24.3.